The minimum absolute atomic E-state index is 0.0858. The molecule has 0 unspecified atom stereocenters. The maximum Gasteiger partial charge on any atom is 0.272 e. The lowest BCUT2D eigenvalue weighted by molar-refractivity contribution is 0.0631. The highest BCUT2D eigenvalue weighted by Crippen LogP contribution is 2.24. The average Bonchev–Trinajstić information content (AvgIpc) is 2.89. The number of nitrogens with zero attached hydrogens (tertiary/aromatic N) is 2. The number of aliphatic hydroxyl groups excluding tert-OH is 1. The molecule has 1 heterocycles. The Morgan fingerprint density at radius 3 is 2.78 bits per heavy atom. The molecule has 98 valence electrons. The zero-order valence-corrected chi connectivity index (χ0v) is 10.2. The number of carbonyl (C=O) groups is 1. The molecule has 0 aromatic carbocycles. The lowest BCUT2D eigenvalue weighted by atomic mass is 10.2. The minimum Gasteiger partial charge on any atom is -0.395 e. The van der Waals surface area contributed by atoms with Crippen LogP contribution in [0.2, 0.25) is 0 Å². The molecular formula is C13H17FN2O2. The van der Waals surface area contributed by atoms with Gasteiger partial charge in [-0.3, -0.25) is 4.79 Å². The van der Waals surface area contributed by atoms with Crippen molar-refractivity contribution in [2.75, 3.05) is 13.2 Å². The van der Waals surface area contributed by atoms with Gasteiger partial charge in [0.05, 0.1) is 6.61 Å². The molecule has 1 aromatic rings. The van der Waals surface area contributed by atoms with Crippen molar-refractivity contribution in [1.29, 1.82) is 0 Å². The van der Waals surface area contributed by atoms with Gasteiger partial charge >= 0.3 is 0 Å². The Bertz CT molecular complexity index is 419. The van der Waals surface area contributed by atoms with Crippen LogP contribution >= 0.6 is 0 Å². The minimum atomic E-state index is -0.656. The zero-order valence-electron chi connectivity index (χ0n) is 10.2. The van der Waals surface area contributed by atoms with E-state index in [1.54, 1.807) is 4.90 Å². The van der Waals surface area contributed by atoms with Gasteiger partial charge in [0.25, 0.3) is 5.91 Å². The Morgan fingerprint density at radius 2 is 2.17 bits per heavy atom. The summed E-state index contributed by atoms with van der Waals surface area (Å²) in [5.41, 5.74) is 0.107. The lowest BCUT2D eigenvalue weighted by Gasteiger charge is -2.28. The Balaban J connectivity index is 2.17. The van der Waals surface area contributed by atoms with Crippen LogP contribution < -0.4 is 0 Å². The van der Waals surface area contributed by atoms with E-state index in [-0.39, 0.29) is 30.8 Å². The van der Waals surface area contributed by atoms with E-state index < -0.39 is 5.95 Å². The van der Waals surface area contributed by atoms with Crippen LogP contribution in [0.5, 0.6) is 0 Å². The number of carbonyl (C=O) groups excluding carboxylic acids is 1. The third kappa shape index (κ3) is 2.85. The molecule has 2 rings (SSSR count). The van der Waals surface area contributed by atoms with Crippen molar-refractivity contribution in [1.82, 2.24) is 9.88 Å². The van der Waals surface area contributed by atoms with Crippen LogP contribution in [0.3, 0.4) is 0 Å². The molecule has 18 heavy (non-hydrogen) atoms. The summed E-state index contributed by atoms with van der Waals surface area (Å²) < 4.78 is 13.0. The fourth-order valence-corrected chi connectivity index (χ4v) is 2.45. The second kappa shape index (κ2) is 5.91. The molecule has 0 spiro atoms. The van der Waals surface area contributed by atoms with Crippen molar-refractivity contribution in [2.45, 2.75) is 31.7 Å². The first-order valence-corrected chi connectivity index (χ1v) is 6.27. The van der Waals surface area contributed by atoms with Crippen molar-refractivity contribution in [2.24, 2.45) is 0 Å². The van der Waals surface area contributed by atoms with Crippen LogP contribution in [-0.4, -0.2) is 40.1 Å². The molecule has 1 aromatic heterocycles. The fourth-order valence-electron chi connectivity index (χ4n) is 2.45. The molecule has 0 radical (unpaired) electrons. The van der Waals surface area contributed by atoms with Gasteiger partial charge in [0.15, 0.2) is 0 Å². The second-order valence-electron chi connectivity index (χ2n) is 4.51. The summed E-state index contributed by atoms with van der Waals surface area (Å²) in [7, 11) is 0. The smallest absolute Gasteiger partial charge is 0.272 e. The first-order valence-electron chi connectivity index (χ1n) is 6.27. The van der Waals surface area contributed by atoms with Crippen molar-refractivity contribution in [3.63, 3.8) is 0 Å². The summed E-state index contributed by atoms with van der Waals surface area (Å²) >= 11 is 0. The molecular weight excluding hydrogens is 235 g/mol. The number of hydrogen-bond acceptors (Lipinski definition) is 3. The van der Waals surface area contributed by atoms with E-state index in [1.165, 1.54) is 18.2 Å². The first-order chi connectivity index (χ1) is 8.72. The molecule has 1 fully saturated rings. The fraction of sp³-hybridized carbons (Fsp3) is 0.538. The van der Waals surface area contributed by atoms with E-state index in [9.17, 15) is 9.18 Å². The SMILES string of the molecule is O=C(c1cccc(F)n1)N(CCO)C1CCCC1. The van der Waals surface area contributed by atoms with Crippen LogP contribution in [0.4, 0.5) is 4.39 Å². The van der Waals surface area contributed by atoms with Crippen molar-refractivity contribution in [3.8, 4) is 0 Å². The van der Waals surface area contributed by atoms with Gasteiger partial charge in [0.2, 0.25) is 5.95 Å². The summed E-state index contributed by atoms with van der Waals surface area (Å²) in [6, 6.07) is 4.34. The number of aromatic nitrogens is 1. The third-order valence-electron chi connectivity index (χ3n) is 3.30. The Labute approximate surface area is 105 Å². The first kappa shape index (κ1) is 13.0. The normalized spacial score (nSPS) is 15.9. The topological polar surface area (TPSA) is 53.4 Å². The van der Waals surface area contributed by atoms with Gasteiger partial charge < -0.3 is 10.0 Å². The Kier molecular flexibility index (Phi) is 4.25. The molecule has 1 saturated carbocycles. The van der Waals surface area contributed by atoms with Crippen LogP contribution in [-0.2, 0) is 0 Å². The quantitative estimate of drug-likeness (QED) is 0.828. The maximum absolute atomic E-state index is 13.0. The third-order valence-corrected chi connectivity index (χ3v) is 3.30. The molecule has 0 bridgehead atoms. The second-order valence-corrected chi connectivity index (χ2v) is 4.51. The standard InChI is InChI=1S/C13H17FN2O2/c14-12-7-3-6-11(15-12)13(18)16(8-9-17)10-4-1-2-5-10/h3,6-7,10,17H,1-2,4-5,8-9H2. The molecule has 1 aliphatic rings. The van der Waals surface area contributed by atoms with Gasteiger partial charge in [-0.25, -0.2) is 4.98 Å². The molecule has 0 atom stereocenters. The van der Waals surface area contributed by atoms with E-state index in [0.29, 0.717) is 0 Å². The van der Waals surface area contributed by atoms with E-state index in [4.69, 9.17) is 5.11 Å². The van der Waals surface area contributed by atoms with E-state index in [1.807, 2.05) is 0 Å². The zero-order chi connectivity index (χ0) is 13.0. The van der Waals surface area contributed by atoms with Gasteiger partial charge in [-0.1, -0.05) is 18.9 Å². The molecule has 0 aliphatic heterocycles. The molecule has 0 saturated heterocycles. The van der Waals surface area contributed by atoms with Crippen molar-refractivity contribution >= 4 is 5.91 Å². The largest absolute Gasteiger partial charge is 0.395 e. The van der Waals surface area contributed by atoms with E-state index in [0.717, 1.165) is 25.7 Å². The molecule has 1 N–H and O–H groups in total. The van der Waals surface area contributed by atoms with Crippen LogP contribution in [0.25, 0.3) is 0 Å². The Morgan fingerprint density at radius 1 is 1.44 bits per heavy atom. The number of pyridine rings is 1. The summed E-state index contributed by atoms with van der Waals surface area (Å²) in [5.74, 6) is -0.952. The summed E-state index contributed by atoms with van der Waals surface area (Å²) in [5, 5.41) is 9.06. The maximum atomic E-state index is 13.0. The number of amides is 1. The monoisotopic (exact) mass is 252 g/mol. The van der Waals surface area contributed by atoms with Crippen LogP contribution in [0.1, 0.15) is 36.2 Å². The van der Waals surface area contributed by atoms with Crippen molar-refractivity contribution in [3.05, 3.63) is 29.8 Å². The highest BCUT2D eigenvalue weighted by Gasteiger charge is 2.27. The number of halogens is 1. The molecule has 1 amide bonds. The van der Waals surface area contributed by atoms with Crippen molar-refractivity contribution < 1.29 is 14.3 Å². The molecule has 5 heteroatoms. The summed E-state index contributed by atoms with van der Waals surface area (Å²) in [4.78, 5) is 17.5. The highest BCUT2D eigenvalue weighted by atomic mass is 19.1. The van der Waals surface area contributed by atoms with Crippen LogP contribution in [0.15, 0.2) is 18.2 Å². The molecule has 4 nitrogen and oxygen atoms in total. The predicted octanol–water partition coefficient (Wildman–Crippen LogP) is 1.60. The molecule has 1 aliphatic carbocycles. The summed E-state index contributed by atoms with van der Waals surface area (Å²) in [6.45, 7) is 0.194. The van der Waals surface area contributed by atoms with Gasteiger partial charge in [-0.05, 0) is 25.0 Å². The van der Waals surface area contributed by atoms with Gasteiger partial charge in [-0.2, -0.15) is 4.39 Å². The Hall–Kier alpha value is -1.49. The number of hydrogen-bond donors (Lipinski definition) is 1. The number of rotatable bonds is 4. The van der Waals surface area contributed by atoms with E-state index in [2.05, 4.69) is 4.98 Å². The van der Waals surface area contributed by atoms with Gasteiger partial charge in [-0.15, -0.1) is 0 Å². The lowest BCUT2D eigenvalue weighted by Crippen LogP contribution is -2.41. The average molecular weight is 252 g/mol. The highest BCUT2D eigenvalue weighted by molar-refractivity contribution is 5.92. The van der Waals surface area contributed by atoms with E-state index >= 15 is 0 Å². The van der Waals surface area contributed by atoms with Crippen LogP contribution in [0, 0.1) is 5.95 Å². The van der Waals surface area contributed by atoms with Gasteiger partial charge in [0.1, 0.15) is 5.69 Å². The summed E-state index contributed by atoms with van der Waals surface area (Å²) in [6.07, 6.45) is 4.08. The van der Waals surface area contributed by atoms with Gasteiger partial charge in [0, 0.05) is 12.6 Å². The number of aliphatic hydroxyl groups is 1. The predicted molar refractivity (Wildman–Crippen MR) is 64.6 cm³/mol.